The van der Waals surface area contributed by atoms with Crippen LogP contribution < -0.4 is 5.32 Å². The fourth-order valence-electron chi connectivity index (χ4n) is 0.680. The molecule has 0 bridgehead atoms. The second-order valence-electron chi connectivity index (χ2n) is 2.39. The summed E-state index contributed by atoms with van der Waals surface area (Å²) in [4.78, 5) is 7.02. The third-order valence-corrected chi connectivity index (χ3v) is 1.49. The van der Waals surface area contributed by atoms with E-state index in [0.717, 1.165) is 12.4 Å². The largest absolute Gasteiger partial charge is 0.353 e. The van der Waals surface area contributed by atoms with Crippen molar-refractivity contribution < 1.29 is 0 Å². The van der Waals surface area contributed by atoms with Crippen LogP contribution in [0.1, 0.15) is 20.3 Å². The molecular formula is C7H13N3. The molecule has 0 aromatic carbocycles. The van der Waals surface area contributed by atoms with Crippen molar-refractivity contribution in [3.63, 3.8) is 0 Å². The summed E-state index contributed by atoms with van der Waals surface area (Å²) in [5, 5.41) is 3.20. The highest BCUT2D eigenvalue weighted by molar-refractivity contribution is 5.23. The third kappa shape index (κ3) is 1.76. The van der Waals surface area contributed by atoms with Gasteiger partial charge in [-0.3, -0.25) is 0 Å². The van der Waals surface area contributed by atoms with E-state index in [-0.39, 0.29) is 0 Å². The second kappa shape index (κ2) is 3.25. The number of aromatic amines is 1. The molecule has 1 rings (SSSR count). The zero-order chi connectivity index (χ0) is 7.40. The number of imidazole rings is 1. The topological polar surface area (TPSA) is 40.7 Å². The zero-order valence-electron chi connectivity index (χ0n) is 6.39. The number of nitrogens with one attached hydrogen (secondary N) is 2. The van der Waals surface area contributed by atoms with Gasteiger partial charge in [-0.25, -0.2) is 4.98 Å². The van der Waals surface area contributed by atoms with Gasteiger partial charge in [0, 0.05) is 18.4 Å². The third-order valence-electron chi connectivity index (χ3n) is 1.49. The lowest BCUT2D eigenvalue weighted by Gasteiger charge is -2.08. The fourth-order valence-corrected chi connectivity index (χ4v) is 0.680. The van der Waals surface area contributed by atoms with Gasteiger partial charge in [0.15, 0.2) is 5.95 Å². The van der Waals surface area contributed by atoms with Crippen LogP contribution in [0.4, 0.5) is 5.95 Å². The van der Waals surface area contributed by atoms with Gasteiger partial charge in [0.1, 0.15) is 0 Å². The molecule has 2 N–H and O–H groups in total. The predicted molar refractivity (Wildman–Crippen MR) is 42.0 cm³/mol. The summed E-state index contributed by atoms with van der Waals surface area (Å²) in [6.07, 6.45) is 4.66. The maximum Gasteiger partial charge on any atom is 0.200 e. The van der Waals surface area contributed by atoms with Gasteiger partial charge in [0.2, 0.25) is 0 Å². The van der Waals surface area contributed by atoms with Gasteiger partial charge in [0.05, 0.1) is 0 Å². The lowest BCUT2D eigenvalue weighted by molar-refractivity contribution is 0.755. The zero-order valence-corrected chi connectivity index (χ0v) is 6.39. The van der Waals surface area contributed by atoms with E-state index in [4.69, 9.17) is 0 Å². The highest BCUT2D eigenvalue weighted by Crippen LogP contribution is 2.00. The van der Waals surface area contributed by atoms with Crippen LogP contribution in [0.5, 0.6) is 0 Å². The molecule has 1 unspecified atom stereocenters. The van der Waals surface area contributed by atoms with Gasteiger partial charge >= 0.3 is 0 Å². The number of hydrogen-bond acceptors (Lipinski definition) is 2. The van der Waals surface area contributed by atoms with Gasteiger partial charge in [-0.1, -0.05) is 6.92 Å². The Morgan fingerprint density at radius 1 is 1.80 bits per heavy atom. The highest BCUT2D eigenvalue weighted by Gasteiger charge is 1.97. The minimum atomic E-state index is 0.492. The molecule has 1 aromatic heterocycles. The first kappa shape index (κ1) is 7.12. The van der Waals surface area contributed by atoms with Crippen molar-refractivity contribution >= 4 is 5.95 Å². The molecule has 0 aliphatic heterocycles. The first-order valence-electron chi connectivity index (χ1n) is 3.59. The van der Waals surface area contributed by atoms with Crippen LogP contribution >= 0.6 is 0 Å². The first-order valence-corrected chi connectivity index (χ1v) is 3.59. The number of aromatic nitrogens is 2. The number of hydrogen-bond donors (Lipinski definition) is 2. The quantitative estimate of drug-likeness (QED) is 0.668. The summed E-state index contributed by atoms with van der Waals surface area (Å²) < 4.78 is 0. The average molecular weight is 139 g/mol. The summed E-state index contributed by atoms with van der Waals surface area (Å²) in [5.74, 6) is 0.856. The summed E-state index contributed by atoms with van der Waals surface area (Å²) in [6, 6.07) is 0.492. The van der Waals surface area contributed by atoms with Crippen molar-refractivity contribution in [1.29, 1.82) is 0 Å². The number of rotatable bonds is 3. The molecule has 3 nitrogen and oxygen atoms in total. The van der Waals surface area contributed by atoms with Crippen molar-refractivity contribution in [1.82, 2.24) is 9.97 Å². The minimum absolute atomic E-state index is 0.492. The highest BCUT2D eigenvalue weighted by atomic mass is 15.1. The molecule has 0 fully saturated rings. The Bertz CT molecular complexity index is 169. The summed E-state index contributed by atoms with van der Waals surface area (Å²) in [5.41, 5.74) is 0. The van der Waals surface area contributed by atoms with Gasteiger partial charge in [0.25, 0.3) is 0 Å². The molecule has 0 aliphatic rings. The molecule has 0 radical (unpaired) electrons. The van der Waals surface area contributed by atoms with E-state index in [1.807, 2.05) is 6.20 Å². The fraction of sp³-hybridized carbons (Fsp3) is 0.571. The van der Waals surface area contributed by atoms with E-state index < -0.39 is 0 Å². The van der Waals surface area contributed by atoms with Gasteiger partial charge in [-0.2, -0.15) is 0 Å². The number of anilines is 1. The maximum absolute atomic E-state index is 4.04. The monoisotopic (exact) mass is 139 g/mol. The van der Waals surface area contributed by atoms with Crippen molar-refractivity contribution in [2.45, 2.75) is 26.3 Å². The molecule has 0 aliphatic carbocycles. The standard InChI is InChI=1S/C7H13N3/c1-3-6(2)10-7-8-4-5-9-7/h4-6H,3H2,1-2H3,(H2,8,9,10). The molecule has 1 aromatic rings. The lowest BCUT2D eigenvalue weighted by Crippen LogP contribution is -2.14. The maximum atomic E-state index is 4.04. The van der Waals surface area contributed by atoms with Crippen LogP contribution in [0, 0.1) is 0 Å². The SMILES string of the molecule is CCC(C)Nc1ncc[nH]1. The minimum Gasteiger partial charge on any atom is -0.353 e. The normalized spacial score (nSPS) is 13.0. The van der Waals surface area contributed by atoms with Crippen molar-refractivity contribution in [2.75, 3.05) is 5.32 Å². The summed E-state index contributed by atoms with van der Waals surface area (Å²) in [7, 11) is 0. The van der Waals surface area contributed by atoms with Crippen molar-refractivity contribution in [3.8, 4) is 0 Å². The van der Waals surface area contributed by atoms with Crippen LogP contribution in [0.2, 0.25) is 0 Å². The molecular weight excluding hydrogens is 126 g/mol. The predicted octanol–water partition coefficient (Wildman–Crippen LogP) is 1.62. The van der Waals surface area contributed by atoms with Crippen LogP contribution in [0.25, 0.3) is 0 Å². The van der Waals surface area contributed by atoms with E-state index in [2.05, 4.69) is 29.1 Å². The molecule has 0 saturated heterocycles. The molecule has 3 heteroatoms. The lowest BCUT2D eigenvalue weighted by atomic mass is 10.3. The van der Waals surface area contributed by atoms with Crippen LogP contribution in [0.3, 0.4) is 0 Å². The molecule has 0 saturated carbocycles. The van der Waals surface area contributed by atoms with Gasteiger partial charge in [-0.15, -0.1) is 0 Å². The van der Waals surface area contributed by atoms with Gasteiger partial charge in [-0.05, 0) is 13.3 Å². The average Bonchev–Trinajstić information content (AvgIpc) is 2.40. The Morgan fingerprint density at radius 3 is 3.10 bits per heavy atom. The molecule has 1 heterocycles. The summed E-state index contributed by atoms with van der Waals surface area (Å²) >= 11 is 0. The van der Waals surface area contributed by atoms with Crippen molar-refractivity contribution in [2.24, 2.45) is 0 Å². The Balaban J connectivity index is 2.40. The van der Waals surface area contributed by atoms with Crippen molar-refractivity contribution in [3.05, 3.63) is 12.4 Å². The van der Waals surface area contributed by atoms with Crippen LogP contribution in [-0.2, 0) is 0 Å². The Morgan fingerprint density at radius 2 is 2.60 bits per heavy atom. The molecule has 0 spiro atoms. The van der Waals surface area contributed by atoms with E-state index in [1.165, 1.54) is 0 Å². The Labute approximate surface area is 60.9 Å². The van der Waals surface area contributed by atoms with E-state index >= 15 is 0 Å². The molecule has 0 amide bonds. The van der Waals surface area contributed by atoms with Gasteiger partial charge < -0.3 is 10.3 Å². The number of nitrogens with zero attached hydrogens (tertiary/aromatic N) is 1. The van der Waals surface area contributed by atoms with E-state index in [0.29, 0.717) is 6.04 Å². The first-order chi connectivity index (χ1) is 4.83. The Kier molecular flexibility index (Phi) is 2.31. The smallest absolute Gasteiger partial charge is 0.200 e. The summed E-state index contributed by atoms with van der Waals surface area (Å²) in [6.45, 7) is 4.27. The molecule has 10 heavy (non-hydrogen) atoms. The van der Waals surface area contributed by atoms with E-state index in [9.17, 15) is 0 Å². The van der Waals surface area contributed by atoms with E-state index in [1.54, 1.807) is 6.20 Å². The molecule has 56 valence electrons. The second-order valence-corrected chi connectivity index (χ2v) is 2.39. The van der Waals surface area contributed by atoms with Crippen LogP contribution in [-0.4, -0.2) is 16.0 Å². The Hall–Kier alpha value is -0.990. The molecule has 1 atom stereocenters. The number of H-pyrrole nitrogens is 1. The van der Waals surface area contributed by atoms with Crippen LogP contribution in [0.15, 0.2) is 12.4 Å².